The van der Waals surface area contributed by atoms with E-state index in [0.29, 0.717) is 10.6 Å². The Kier molecular flexibility index (Phi) is 6.67. The highest BCUT2D eigenvalue weighted by molar-refractivity contribution is 7.16. The molecule has 116 valence electrons. The highest BCUT2D eigenvalue weighted by atomic mass is 35.5. The predicted octanol–water partition coefficient (Wildman–Crippen LogP) is 2.68. The van der Waals surface area contributed by atoms with Crippen LogP contribution in [0.2, 0.25) is 0 Å². The second-order valence-electron chi connectivity index (χ2n) is 4.56. The summed E-state index contributed by atoms with van der Waals surface area (Å²) < 4.78 is 5.29. The Balaban J connectivity index is 0.00000110. The molecule has 1 amide bonds. The molecule has 0 spiro atoms. The van der Waals surface area contributed by atoms with Gasteiger partial charge in [-0.15, -0.1) is 36.2 Å². The van der Waals surface area contributed by atoms with Gasteiger partial charge in [-0.05, 0) is 19.1 Å². The van der Waals surface area contributed by atoms with Gasteiger partial charge < -0.3 is 14.6 Å². The van der Waals surface area contributed by atoms with Crippen molar-refractivity contribution in [2.24, 2.45) is 0 Å². The molecule has 1 aliphatic heterocycles. The zero-order chi connectivity index (χ0) is 13.2. The third-order valence-electron chi connectivity index (χ3n) is 3.21. The second-order valence-corrected chi connectivity index (χ2v) is 5.59. The van der Waals surface area contributed by atoms with Crippen LogP contribution in [0.4, 0.5) is 0 Å². The fourth-order valence-electron chi connectivity index (χ4n) is 2.17. The number of nitrogens with one attached hydrogen (secondary N) is 1. The Morgan fingerprint density at radius 1 is 1.52 bits per heavy atom. The van der Waals surface area contributed by atoms with Crippen LogP contribution in [0.5, 0.6) is 0 Å². The van der Waals surface area contributed by atoms with Gasteiger partial charge in [0.15, 0.2) is 10.8 Å². The first-order valence-corrected chi connectivity index (χ1v) is 7.09. The summed E-state index contributed by atoms with van der Waals surface area (Å²) in [6.45, 7) is 4.49. The molecule has 5 nitrogen and oxygen atoms in total. The lowest BCUT2D eigenvalue weighted by Crippen LogP contribution is -2.52. The van der Waals surface area contributed by atoms with E-state index in [1.54, 1.807) is 12.5 Å². The van der Waals surface area contributed by atoms with Gasteiger partial charge in [0.1, 0.15) is 4.88 Å². The van der Waals surface area contributed by atoms with E-state index < -0.39 is 0 Å². The van der Waals surface area contributed by atoms with Gasteiger partial charge >= 0.3 is 0 Å². The molecule has 8 heteroatoms. The fourth-order valence-corrected chi connectivity index (χ4v) is 3.01. The van der Waals surface area contributed by atoms with Crippen LogP contribution in [-0.2, 0) is 0 Å². The largest absolute Gasteiger partial charge is 0.462 e. The molecular weight excluding hydrogens is 333 g/mol. The summed E-state index contributed by atoms with van der Waals surface area (Å²) >= 11 is 1.38. The van der Waals surface area contributed by atoms with E-state index in [9.17, 15) is 4.79 Å². The molecule has 1 N–H and O–H groups in total. The van der Waals surface area contributed by atoms with Gasteiger partial charge in [-0.3, -0.25) is 4.79 Å². The van der Waals surface area contributed by atoms with Crippen molar-refractivity contribution < 1.29 is 9.21 Å². The maximum absolute atomic E-state index is 12.4. The van der Waals surface area contributed by atoms with Crippen molar-refractivity contribution in [3.8, 4) is 10.8 Å². The maximum Gasteiger partial charge on any atom is 0.265 e. The summed E-state index contributed by atoms with van der Waals surface area (Å²) in [6, 6.07) is 3.88. The smallest absolute Gasteiger partial charge is 0.265 e. The van der Waals surface area contributed by atoms with E-state index in [1.807, 2.05) is 17.0 Å². The van der Waals surface area contributed by atoms with Gasteiger partial charge in [-0.1, -0.05) is 0 Å². The van der Waals surface area contributed by atoms with Crippen LogP contribution in [0.25, 0.3) is 10.8 Å². The summed E-state index contributed by atoms with van der Waals surface area (Å²) in [6.07, 6.45) is 3.25. The Morgan fingerprint density at radius 3 is 3.00 bits per heavy atom. The van der Waals surface area contributed by atoms with Gasteiger partial charge in [-0.25, -0.2) is 4.98 Å². The van der Waals surface area contributed by atoms with E-state index in [0.717, 1.165) is 24.6 Å². The Labute approximate surface area is 139 Å². The van der Waals surface area contributed by atoms with Crippen LogP contribution >= 0.6 is 36.2 Å². The van der Waals surface area contributed by atoms with Gasteiger partial charge in [0, 0.05) is 25.7 Å². The molecule has 3 heterocycles. The number of piperazine rings is 1. The van der Waals surface area contributed by atoms with Crippen LogP contribution in [0.1, 0.15) is 16.6 Å². The van der Waals surface area contributed by atoms with Crippen molar-refractivity contribution in [3.05, 3.63) is 29.5 Å². The topological polar surface area (TPSA) is 58.4 Å². The van der Waals surface area contributed by atoms with Crippen LogP contribution in [-0.4, -0.2) is 41.5 Å². The third kappa shape index (κ3) is 3.77. The number of furan rings is 1. The molecule has 1 fully saturated rings. The van der Waals surface area contributed by atoms with E-state index in [2.05, 4.69) is 17.2 Å². The Hall–Kier alpha value is -1.08. The van der Waals surface area contributed by atoms with Crippen molar-refractivity contribution in [3.63, 3.8) is 0 Å². The molecule has 0 aromatic carbocycles. The first kappa shape index (κ1) is 18.0. The number of hydrogen-bond acceptors (Lipinski definition) is 5. The molecule has 0 aliphatic carbocycles. The van der Waals surface area contributed by atoms with Crippen LogP contribution in [0.3, 0.4) is 0 Å². The zero-order valence-corrected chi connectivity index (χ0v) is 13.9. The minimum atomic E-state index is 0. The first-order valence-electron chi connectivity index (χ1n) is 6.27. The van der Waals surface area contributed by atoms with Crippen molar-refractivity contribution in [1.29, 1.82) is 0 Å². The minimum absolute atomic E-state index is 0. The summed E-state index contributed by atoms with van der Waals surface area (Å²) in [4.78, 5) is 19.3. The highest BCUT2D eigenvalue weighted by Gasteiger charge is 2.25. The number of amides is 1. The summed E-state index contributed by atoms with van der Waals surface area (Å²) in [7, 11) is 0. The molecule has 0 saturated carbocycles. The number of halogens is 2. The second kappa shape index (κ2) is 7.79. The molecule has 2 aromatic heterocycles. The van der Waals surface area contributed by atoms with Crippen molar-refractivity contribution in [2.75, 3.05) is 19.6 Å². The molecule has 1 atom stereocenters. The van der Waals surface area contributed by atoms with E-state index in [1.165, 1.54) is 11.3 Å². The number of carbonyl (C=O) groups excluding carboxylic acids is 1. The van der Waals surface area contributed by atoms with Crippen molar-refractivity contribution in [1.82, 2.24) is 15.2 Å². The molecule has 0 unspecified atom stereocenters. The maximum atomic E-state index is 12.4. The number of hydrogen-bond donors (Lipinski definition) is 1. The standard InChI is InChI=1S/C13H15N3O2S.2ClH/c1-9-7-14-4-5-16(9)13(17)11-8-15-12(19-11)10-3-2-6-18-10;;/h2-3,6,8-9,14H,4-5,7H2,1H3;2*1H/t9-;;/m1../s1. The highest BCUT2D eigenvalue weighted by Crippen LogP contribution is 2.26. The van der Waals surface area contributed by atoms with Crippen LogP contribution < -0.4 is 5.32 Å². The number of rotatable bonds is 2. The molecule has 0 bridgehead atoms. The lowest BCUT2D eigenvalue weighted by atomic mass is 10.2. The van der Waals surface area contributed by atoms with Crippen molar-refractivity contribution >= 4 is 42.1 Å². The summed E-state index contributed by atoms with van der Waals surface area (Å²) in [5.41, 5.74) is 0. The molecular formula is C13H17Cl2N3O2S. The first-order chi connectivity index (χ1) is 9.25. The van der Waals surface area contributed by atoms with Crippen LogP contribution in [0, 0.1) is 0 Å². The van der Waals surface area contributed by atoms with Gasteiger partial charge in [0.05, 0.1) is 12.5 Å². The molecule has 2 aromatic rings. The quantitative estimate of drug-likeness (QED) is 0.905. The fraction of sp³-hybridized carbons (Fsp3) is 0.385. The van der Waals surface area contributed by atoms with E-state index >= 15 is 0 Å². The normalized spacial score (nSPS) is 17.8. The average Bonchev–Trinajstić information content (AvgIpc) is 3.09. The summed E-state index contributed by atoms with van der Waals surface area (Å²) in [5, 5.41) is 4.02. The van der Waals surface area contributed by atoms with Gasteiger partial charge in [0.2, 0.25) is 0 Å². The lowest BCUT2D eigenvalue weighted by molar-refractivity contribution is 0.0660. The molecule has 1 saturated heterocycles. The number of nitrogens with zero attached hydrogens (tertiary/aromatic N) is 2. The van der Waals surface area contributed by atoms with Gasteiger partial charge in [0.25, 0.3) is 5.91 Å². The van der Waals surface area contributed by atoms with Gasteiger partial charge in [-0.2, -0.15) is 0 Å². The number of aromatic nitrogens is 1. The molecule has 3 rings (SSSR count). The van der Waals surface area contributed by atoms with E-state index in [4.69, 9.17) is 4.42 Å². The molecule has 0 radical (unpaired) electrons. The minimum Gasteiger partial charge on any atom is -0.462 e. The Bertz CT molecular complexity index is 574. The lowest BCUT2D eigenvalue weighted by Gasteiger charge is -2.33. The number of carbonyl (C=O) groups is 1. The predicted molar refractivity (Wildman–Crippen MR) is 87.7 cm³/mol. The van der Waals surface area contributed by atoms with Crippen molar-refractivity contribution in [2.45, 2.75) is 13.0 Å². The Morgan fingerprint density at radius 2 is 2.33 bits per heavy atom. The average molecular weight is 350 g/mol. The summed E-state index contributed by atoms with van der Waals surface area (Å²) in [5.74, 6) is 0.765. The van der Waals surface area contributed by atoms with E-state index in [-0.39, 0.29) is 36.8 Å². The van der Waals surface area contributed by atoms with Crippen LogP contribution in [0.15, 0.2) is 29.0 Å². The SMILES string of the molecule is C[C@@H]1CNCCN1C(=O)c1cnc(-c2ccco2)s1.Cl.Cl. The molecule has 1 aliphatic rings. The zero-order valence-electron chi connectivity index (χ0n) is 11.4. The monoisotopic (exact) mass is 349 g/mol. The molecule has 21 heavy (non-hydrogen) atoms. The number of thiazole rings is 1. The third-order valence-corrected chi connectivity index (χ3v) is 4.21.